The molecule has 2 aromatic carbocycles. The predicted molar refractivity (Wildman–Crippen MR) is 138 cm³/mol. The number of nitrogens with one attached hydrogen (secondary N) is 3. The average Bonchev–Trinajstić information content (AvgIpc) is 3.41. The highest BCUT2D eigenvalue weighted by Crippen LogP contribution is 2.13. The molecule has 0 aliphatic carbocycles. The monoisotopic (exact) mass is 490 g/mol. The molecule has 1 unspecified atom stereocenters. The first-order valence-corrected chi connectivity index (χ1v) is 12.7. The van der Waals surface area contributed by atoms with E-state index in [1.165, 1.54) is 11.3 Å². The number of benzene rings is 2. The second-order valence-electron chi connectivity index (χ2n) is 8.67. The van der Waals surface area contributed by atoms with Crippen LogP contribution in [0.5, 0.6) is 0 Å². The van der Waals surface area contributed by atoms with Crippen LogP contribution in [0.1, 0.15) is 28.1 Å². The second-order valence-corrected chi connectivity index (χ2v) is 9.61. The number of para-hydroxylation sites is 1. The number of piperidine rings is 1. The van der Waals surface area contributed by atoms with Crippen LogP contribution < -0.4 is 16.0 Å². The predicted octanol–water partition coefficient (Wildman–Crippen LogP) is 3.31. The molecule has 2 heterocycles. The Morgan fingerprint density at radius 2 is 1.60 bits per heavy atom. The lowest BCUT2D eigenvalue weighted by Gasteiger charge is -2.32. The van der Waals surface area contributed by atoms with E-state index in [1.54, 1.807) is 6.07 Å². The number of carbonyl (C=O) groups excluding carboxylic acids is 3. The van der Waals surface area contributed by atoms with Crippen LogP contribution in [0.15, 0.2) is 78.2 Å². The molecule has 0 spiro atoms. The Labute approximate surface area is 209 Å². The lowest BCUT2D eigenvalue weighted by atomic mass is 10.0. The molecule has 1 atom stereocenters. The minimum atomic E-state index is -0.665. The van der Waals surface area contributed by atoms with Gasteiger partial charge in [-0.2, -0.15) is 0 Å². The average molecular weight is 491 g/mol. The van der Waals surface area contributed by atoms with E-state index in [-0.39, 0.29) is 23.8 Å². The second kappa shape index (κ2) is 12.3. The number of amides is 3. The smallest absolute Gasteiger partial charge is 0.262 e. The molecule has 1 fully saturated rings. The van der Waals surface area contributed by atoms with Gasteiger partial charge in [0.15, 0.2) is 0 Å². The Bertz CT molecular complexity index is 1100. The van der Waals surface area contributed by atoms with Crippen molar-refractivity contribution in [3.05, 3.63) is 88.6 Å². The van der Waals surface area contributed by atoms with Gasteiger partial charge >= 0.3 is 0 Å². The summed E-state index contributed by atoms with van der Waals surface area (Å²) in [5.74, 6) is -0.466. The van der Waals surface area contributed by atoms with E-state index in [4.69, 9.17) is 0 Å². The Hall–Kier alpha value is -3.49. The number of rotatable bonds is 9. The molecule has 4 rings (SSSR count). The van der Waals surface area contributed by atoms with Gasteiger partial charge in [-0.1, -0.05) is 54.6 Å². The van der Waals surface area contributed by atoms with Crippen LogP contribution in [0.2, 0.25) is 0 Å². The molecule has 3 N–H and O–H groups in total. The SMILES string of the molecule is O=C(CN1CCC(NC(=O)C(Cc2ccccc2)NC(=O)c2cccs2)CC1)Nc1ccccc1. The van der Waals surface area contributed by atoms with Gasteiger partial charge in [0.2, 0.25) is 11.8 Å². The maximum absolute atomic E-state index is 13.2. The highest BCUT2D eigenvalue weighted by atomic mass is 32.1. The van der Waals surface area contributed by atoms with Crippen molar-refractivity contribution in [1.29, 1.82) is 0 Å². The van der Waals surface area contributed by atoms with E-state index in [1.807, 2.05) is 72.1 Å². The Balaban J connectivity index is 1.29. The van der Waals surface area contributed by atoms with Gasteiger partial charge in [0.1, 0.15) is 6.04 Å². The van der Waals surface area contributed by atoms with Crippen molar-refractivity contribution in [2.24, 2.45) is 0 Å². The van der Waals surface area contributed by atoms with Crippen LogP contribution in [-0.4, -0.2) is 54.3 Å². The highest BCUT2D eigenvalue weighted by molar-refractivity contribution is 7.12. The van der Waals surface area contributed by atoms with Gasteiger partial charge in [0, 0.05) is 31.2 Å². The molecule has 0 radical (unpaired) electrons. The van der Waals surface area contributed by atoms with E-state index in [0.717, 1.165) is 37.2 Å². The Morgan fingerprint density at radius 3 is 2.26 bits per heavy atom. The topological polar surface area (TPSA) is 90.5 Å². The van der Waals surface area contributed by atoms with Crippen molar-refractivity contribution >= 4 is 34.7 Å². The van der Waals surface area contributed by atoms with E-state index in [2.05, 4.69) is 20.9 Å². The zero-order valence-electron chi connectivity index (χ0n) is 19.5. The molecule has 182 valence electrons. The molecule has 1 saturated heterocycles. The van der Waals surface area contributed by atoms with Gasteiger partial charge in [-0.3, -0.25) is 19.3 Å². The summed E-state index contributed by atoms with van der Waals surface area (Å²) >= 11 is 1.35. The number of carbonyl (C=O) groups is 3. The molecule has 3 amide bonds. The van der Waals surface area contributed by atoms with Crippen molar-refractivity contribution in [2.75, 3.05) is 25.0 Å². The fraction of sp³-hybridized carbons (Fsp3) is 0.296. The van der Waals surface area contributed by atoms with Gasteiger partial charge < -0.3 is 16.0 Å². The summed E-state index contributed by atoms with van der Waals surface area (Å²) in [4.78, 5) is 40.9. The fourth-order valence-electron chi connectivity index (χ4n) is 4.16. The van der Waals surface area contributed by atoms with Crippen molar-refractivity contribution in [1.82, 2.24) is 15.5 Å². The van der Waals surface area contributed by atoms with E-state index >= 15 is 0 Å². The normalized spacial score (nSPS) is 15.2. The third-order valence-electron chi connectivity index (χ3n) is 6.01. The number of likely N-dealkylation sites (tertiary alicyclic amines) is 1. The van der Waals surface area contributed by atoms with E-state index in [0.29, 0.717) is 17.8 Å². The summed E-state index contributed by atoms with van der Waals surface area (Å²) in [6, 6.07) is 22.0. The minimum absolute atomic E-state index is 0.00727. The molecule has 0 bridgehead atoms. The Kier molecular flexibility index (Phi) is 8.64. The molecule has 1 aromatic heterocycles. The third-order valence-corrected chi connectivity index (χ3v) is 6.88. The van der Waals surface area contributed by atoms with Crippen molar-refractivity contribution in [2.45, 2.75) is 31.3 Å². The van der Waals surface area contributed by atoms with Gasteiger partial charge in [-0.05, 0) is 42.0 Å². The molecule has 1 aliphatic rings. The van der Waals surface area contributed by atoms with Crippen LogP contribution in [0.25, 0.3) is 0 Å². The van der Waals surface area contributed by atoms with Gasteiger partial charge in [0.05, 0.1) is 11.4 Å². The quantitative estimate of drug-likeness (QED) is 0.429. The molecule has 7 nitrogen and oxygen atoms in total. The van der Waals surface area contributed by atoms with E-state index in [9.17, 15) is 14.4 Å². The van der Waals surface area contributed by atoms with Gasteiger partial charge in [-0.25, -0.2) is 0 Å². The maximum atomic E-state index is 13.2. The molecule has 8 heteroatoms. The summed E-state index contributed by atoms with van der Waals surface area (Å²) in [5.41, 5.74) is 1.77. The van der Waals surface area contributed by atoms with Crippen LogP contribution in [-0.2, 0) is 16.0 Å². The lowest BCUT2D eigenvalue weighted by Crippen LogP contribution is -2.53. The molecule has 35 heavy (non-hydrogen) atoms. The van der Waals surface area contributed by atoms with Crippen molar-refractivity contribution in [3.8, 4) is 0 Å². The number of nitrogens with zero attached hydrogens (tertiary/aromatic N) is 1. The number of anilines is 1. The van der Waals surface area contributed by atoms with Gasteiger partial charge in [0.25, 0.3) is 5.91 Å². The maximum Gasteiger partial charge on any atom is 0.262 e. The first-order chi connectivity index (χ1) is 17.1. The van der Waals surface area contributed by atoms with Crippen molar-refractivity contribution in [3.63, 3.8) is 0 Å². The number of thiophene rings is 1. The standard InChI is InChI=1S/C27H30N4O3S/c32-25(28-21-10-5-2-6-11-21)19-31-15-13-22(14-16-31)29-26(33)23(18-20-8-3-1-4-9-20)30-27(34)24-12-7-17-35-24/h1-12,17,22-23H,13-16,18-19H2,(H,28,32)(H,29,33)(H,30,34). The van der Waals surface area contributed by atoms with Gasteiger partial charge in [-0.15, -0.1) is 11.3 Å². The molecule has 1 aliphatic heterocycles. The van der Waals surface area contributed by atoms with Crippen LogP contribution in [0, 0.1) is 0 Å². The summed E-state index contributed by atoms with van der Waals surface area (Å²) in [6.07, 6.45) is 1.92. The van der Waals surface area contributed by atoms with E-state index < -0.39 is 6.04 Å². The molecule has 0 saturated carbocycles. The third kappa shape index (κ3) is 7.50. The van der Waals surface area contributed by atoms with Crippen LogP contribution in [0.3, 0.4) is 0 Å². The number of hydrogen-bond acceptors (Lipinski definition) is 5. The molecule has 3 aromatic rings. The zero-order chi connectivity index (χ0) is 24.5. The first-order valence-electron chi connectivity index (χ1n) is 11.8. The summed E-state index contributed by atoms with van der Waals surface area (Å²) < 4.78 is 0. The van der Waals surface area contributed by atoms with Crippen LogP contribution in [0.4, 0.5) is 5.69 Å². The lowest BCUT2D eigenvalue weighted by molar-refractivity contribution is -0.124. The Morgan fingerprint density at radius 1 is 0.914 bits per heavy atom. The van der Waals surface area contributed by atoms with Crippen LogP contribution >= 0.6 is 11.3 Å². The summed E-state index contributed by atoms with van der Waals surface area (Å²) in [7, 11) is 0. The molecular weight excluding hydrogens is 460 g/mol. The summed E-state index contributed by atoms with van der Waals surface area (Å²) in [6.45, 7) is 1.76. The minimum Gasteiger partial charge on any atom is -0.351 e. The van der Waals surface area contributed by atoms with Crippen molar-refractivity contribution < 1.29 is 14.4 Å². The summed E-state index contributed by atoms with van der Waals surface area (Å²) in [5, 5.41) is 10.8. The zero-order valence-corrected chi connectivity index (χ0v) is 20.3. The highest BCUT2D eigenvalue weighted by Gasteiger charge is 2.27. The first kappa shape index (κ1) is 24.6. The molecular formula is C27H30N4O3S. The largest absolute Gasteiger partial charge is 0.351 e. The number of hydrogen-bond donors (Lipinski definition) is 3. The fourth-order valence-corrected chi connectivity index (χ4v) is 4.79.